The molecule has 4 nitrogen and oxygen atoms in total. The van der Waals surface area contributed by atoms with Gasteiger partial charge in [0.1, 0.15) is 11.9 Å². The number of benzene rings is 2. The van der Waals surface area contributed by atoms with Crippen LogP contribution in [0.4, 0.5) is 5.69 Å². The molecule has 1 aliphatic carbocycles. The van der Waals surface area contributed by atoms with Crippen LogP contribution >= 0.6 is 11.6 Å². The van der Waals surface area contributed by atoms with E-state index in [-0.39, 0.29) is 12.0 Å². The summed E-state index contributed by atoms with van der Waals surface area (Å²) >= 11 is 6.35. The highest BCUT2D eigenvalue weighted by atomic mass is 35.5. The average Bonchev–Trinajstić information content (AvgIpc) is 3.16. The molecule has 0 aromatic heterocycles. The molecule has 1 N–H and O–H groups in total. The lowest BCUT2D eigenvalue weighted by molar-refractivity contribution is -0.121. The highest BCUT2D eigenvalue weighted by molar-refractivity contribution is 6.32. The summed E-state index contributed by atoms with van der Waals surface area (Å²) in [4.78, 5) is 13.2. The van der Waals surface area contributed by atoms with Crippen molar-refractivity contribution in [3.05, 3.63) is 59.1 Å². The summed E-state index contributed by atoms with van der Waals surface area (Å²) < 4.78 is 10.8. The maximum atomic E-state index is 13.2. The van der Waals surface area contributed by atoms with E-state index in [2.05, 4.69) is 5.32 Å². The molecule has 1 aliphatic rings. The van der Waals surface area contributed by atoms with Gasteiger partial charge in [0.05, 0.1) is 17.0 Å². The minimum Gasteiger partial charge on any atom is -0.487 e. The number of carbonyl (C=O) groups is 1. The fraction of sp³-hybridized carbons (Fsp3) is 0.409. The molecule has 3 rings (SSSR count). The van der Waals surface area contributed by atoms with Gasteiger partial charge in [0.15, 0.2) is 0 Å². The Labute approximate surface area is 165 Å². The number of carbonyl (C=O) groups excluding carboxylic acids is 1. The largest absolute Gasteiger partial charge is 0.487 e. The van der Waals surface area contributed by atoms with Crippen LogP contribution in [0, 0.1) is 0 Å². The quantitative estimate of drug-likeness (QED) is 0.709. The van der Waals surface area contributed by atoms with Gasteiger partial charge in [-0.05, 0) is 43.5 Å². The van der Waals surface area contributed by atoms with Crippen LogP contribution in [0.25, 0.3) is 0 Å². The molecule has 144 valence electrons. The summed E-state index contributed by atoms with van der Waals surface area (Å²) in [5, 5.41) is 3.53. The van der Waals surface area contributed by atoms with Gasteiger partial charge < -0.3 is 14.8 Å². The fourth-order valence-corrected chi connectivity index (χ4v) is 4.02. The number of anilines is 1. The van der Waals surface area contributed by atoms with Crippen LogP contribution in [-0.4, -0.2) is 25.7 Å². The van der Waals surface area contributed by atoms with E-state index in [1.54, 1.807) is 19.2 Å². The highest BCUT2D eigenvalue weighted by Crippen LogP contribution is 2.42. The van der Waals surface area contributed by atoms with Gasteiger partial charge in [-0.2, -0.15) is 0 Å². The first-order valence-electron chi connectivity index (χ1n) is 9.37. The molecule has 0 aliphatic heterocycles. The van der Waals surface area contributed by atoms with Crippen molar-refractivity contribution in [2.75, 3.05) is 19.0 Å². The first-order valence-corrected chi connectivity index (χ1v) is 9.75. The third kappa shape index (κ3) is 4.45. The van der Waals surface area contributed by atoms with Gasteiger partial charge in [0, 0.05) is 12.8 Å². The molecule has 0 bridgehead atoms. The number of halogens is 1. The van der Waals surface area contributed by atoms with E-state index in [4.69, 9.17) is 21.1 Å². The van der Waals surface area contributed by atoms with Crippen LogP contribution in [0.3, 0.4) is 0 Å². The molecule has 1 fully saturated rings. The second kappa shape index (κ2) is 8.77. The summed E-state index contributed by atoms with van der Waals surface area (Å²) in [6.45, 7) is 2.40. The molecule has 2 aromatic rings. The van der Waals surface area contributed by atoms with Crippen LogP contribution in [0.15, 0.2) is 48.5 Å². The Bertz CT molecular complexity index is 772. The number of amides is 1. The molecule has 0 radical (unpaired) electrons. The molecule has 0 heterocycles. The minimum atomic E-state index is -0.462. The maximum absolute atomic E-state index is 13.2. The van der Waals surface area contributed by atoms with Crippen molar-refractivity contribution in [3.8, 4) is 5.75 Å². The number of ether oxygens (including phenoxy) is 2. The minimum absolute atomic E-state index is 0.0312. The maximum Gasteiger partial charge on any atom is 0.235 e. The van der Waals surface area contributed by atoms with E-state index in [1.165, 1.54) is 0 Å². The Balaban J connectivity index is 1.76. The van der Waals surface area contributed by atoms with Gasteiger partial charge in [0.25, 0.3) is 0 Å². The van der Waals surface area contributed by atoms with Crippen LogP contribution in [-0.2, 0) is 14.9 Å². The van der Waals surface area contributed by atoms with Gasteiger partial charge in [0.2, 0.25) is 5.91 Å². The Kier molecular flexibility index (Phi) is 6.40. The number of hydrogen-bond donors (Lipinski definition) is 1. The van der Waals surface area contributed by atoms with Crippen LogP contribution in [0.1, 0.15) is 38.2 Å². The van der Waals surface area contributed by atoms with Gasteiger partial charge >= 0.3 is 0 Å². The first kappa shape index (κ1) is 19.7. The predicted molar refractivity (Wildman–Crippen MR) is 109 cm³/mol. The van der Waals surface area contributed by atoms with Crippen LogP contribution < -0.4 is 10.1 Å². The summed E-state index contributed by atoms with van der Waals surface area (Å²) in [7, 11) is 1.63. The highest BCUT2D eigenvalue weighted by Gasteiger charge is 2.42. The molecular weight excluding hydrogens is 362 g/mol. The zero-order valence-corrected chi connectivity index (χ0v) is 16.6. The van der Waals surface area contributed by atoms with E-state index in [0.29, 0.717) is 23.1 Å². The second-order valence-electron chi connectivity index (χ2n) is 7.14. The van der Waals surface area contributed by atoms with Crippen molar-refractivity contribution >= 4 is 23.2 Å². The summed E-state index contributed by atoms with van der Waals surface area (Å²) in [5.41, 5.74) is 1.30. The molecule has 2 aromatic carbocycles. The van der Waals surface area contributed by atoms with Crippen molar-refractivity contribution < 1.29 is 14.3 Å². The summed E-state index contributed by atoms with van der Waals surface area (Å²) in [5.74, 6) is 0.613. The number of rotatable bonds is 7. The number of nitrogens with one attached hydrogen (secondary N) is 1. The summed E-state index contributed by atoms with van der Waals surface area (Å²) in [6.07, 6.45) is 3.76. The predicted octanol–water partition coefficient (Wildman–Crippen LogP) is 5.20. The van der Waals surface area contributed by atoms with Crippen LogP contribution in [0.2, 0.25) is 5.02 Å². The molecule has 0 saturated heterocycles. The molecule has 1 saturated carbocycles. The van der Waals surface area contributed by atoms with E-state index < -0.39 is 5.41 Å². The molecule has 5 heteroatoms. The zero-order chi connectivity index (χ0) is 19.3. The second-order valence-corrected chi connectivity index (χ2v) is 7.55. The SMILES string of the molecule is COC[C@H](C)Oc1ccc(NC(=O)C2(c3ccccc3)CCCC2)cc1Cl. The molecular formula is C22H26ClNO3. The van der Waals surface area contributed by atoms with Crippen molar-refractivity contribution in [2.45, 2.75) is 44.1 Å². The fourth-order valence-electron chi connectivity index (χ4n) is 3.79. The van der Waals surface area contributed by atoms with E-state index in [9.17, 15) is 4.79 Å². The lowest BCUT2D eigenvalue weighted by Crippen LogP contribution is -2.37. The number of hydrogen-bond acceptors (Lipinski definition) is 3. The lowest BCUT2D eigenvalue weighted by atomic mass is 9.78. The van der Waals surface area contributed by atoms with Gasteiger partial charge in [-0.15, -0.1) is 0 Å². The van der Waals surface area contributed by atoms with E-state index in [1.807, 2.05) is 43.3 Å². The Morgan fingerprint density at radius 3 is 2.52 bits per heavy atom. The Morgan fingerprint density at radius 2 is 1.89 bits per heavy atom. The molecule has 27 heavy (non-hydrogen) atoms. The number of methoxy groups -OCH3 is 1. The van der Waals surface area contributed by atoms with Crippen molar-refractivity contribution in [2.24, 2.45) is 0 Å². The Hall–Kier alpha value is -2.04. The molecule has 1 atom stereocenters. The van der Waals surface area contributed by atoms with Crippen LogP contribution in [0.5, 0.6) is 5.75 Å². The van der Waals surface area contributed by atoms with Crippen molar-refractivity contribution in [3.63, 3.8) is 0 Å². The monoisotopic (exact) mass is 387 g/mol. The average molecular weight is 388 g/mol. The third-order valence-electron chi connectivity index (χ3n) is 5.14. The van der Waals surface area contributed by atoms with Gasteiger partial charge in [-0.3, -0.25) is 4.79 Å². The normalized spacial score (nSPS) is 16.7. The van der Waals surface area contributed by atoms with Gasteiger partial charge in [-0.25, -0.2) is 0 Å². The smallest absolute Gasteiger partial charge is 0.235 e. The topological polar surface area (TPSA) is 47.6 Å². The first-order chi connectivity index (χ1) is 13.0. The Morgan fingerprint density at radius 1 is 1.19 bits per heavy atom. The van der Waals surface area contributed by atoms with Crippen molar-refractivity contribution in [1.29, 1.82) is 0 Å². The standard InChI is InChI=1S/C22H26ClNO3/c1-16(15-26-2)27-20-11-10-18(14-19(20)23)24-21(25)22(12-6-7-13-22)17-8-4-3-5-9-17/h3-5,8-11,14,16H,6-7,12-13,15H2,1-2H3,(H,24,25)/t16-/m0/s1. The molecule has 0 unspecified atom stereocenters. The third-order valence-corrected chi connectivity index (χ3v) is 5.43. The van der Waals surface area contributed by atoms with E-state index >= 15 is 0 Å². The van der Waals surface area contributed by atoms with E-state index in [0.717, 1.165) is 31.2 Å². The summed E-state index contributed by atoms with van der Waals surface area (Å²) in [6, 6.07) is 15.4. The van der Waals surface area contributed by atoms with Crippen molar-refractivity contribution in [1.82, 2.24) is 0 Å². The van der Waals surface area contributed by atoms with Gasteiger partial charge in [-0.1, -0.05) is 54.8 Å². The molecule has 1 amide bonds. The molecule has 0 spiro atoms. The zero-order valence-electron chi connectivity index (χ0n) is 15.8. The lowest BCUT2D eigenvalue weighted by Gasteiger charge is -2.28.